The maximum atomic E-state index is 14.0. The lowest BCUT2D eigenvalue weighted by Gasteiger charge is -2.20. The molecule has 4 bridgehead atoms. The van der Waals surface area contributed by atoms with E-state index in [1.54, 1.807) is 0 Å². The largest absolute Gasteiger partial charge is 0.268 e. The van der Waals surface area contributed by atoms with Gasteiger partial charge in [0.05, 0.1) is 32.9 Å². The number of allylic oxidation sites excluding steroid dienone is 4. The number of hydrogen-bond acceptors (Lipinski definition) is 4. The van der Waals surface area contributed by atoms with Crippen molar-refractivity contribution in [3.8, 4) is 11.4 Å². The van der Waals surface area contributed by atoms with E-state index in [0.717, 1.165) is 67.1 Å². The highest BCUT2D eigenvalue weighted by Crippen LogP contribution is 2.50. The van der Waals surface area contributed by atoms with Gasteiger partial charge in [-0.15, -0.1) is 0 Å². The Hall–Kier alpha value is -6.92. The van der Waals surface area contributed by atoms with Crippen LogP contribution < -0.4 is 22.2 Å². The van der Waals surface area contributed by atoms with E-state index in [2.05, 4.69) is 97.1 Å². The fourth-order valence-corrected chi connectivity index (χ4v) is 12.2. The first-order chi connectivity index (χ1) is 30.1. The monoisotopic (exact) mass is 806 g/mol. The quantitative estimate of drug-likeness (QED) is 0.166. The molecule has 6 heteroatoms. The molecule has 9 aromatic rings. The first-order valence-corrected chi connectivity index (χ1v) is 22.1. The molecule has 0 saturated heterocycles. The topological polar surface area (TPSA) is 78.1 Å². The Bertz CT molecular complexity index is 3410. The summed E-state index contributed by atoms with van der Waals surface area (Å²) in [5, 5.41) is 9.17. The standard InChI is InChI=1S/C56H42N2O4/c1-29-15-37(45-19-31-3-5-39(45)17-31)11-13-51(29)57-53(59)47-25-41-21-33-7-9-35-23-43-27-49-50(28-44(43)24-36(35)10-8-34(33)22-42(41)26-48(47)54(57)60)56(62)58(55(49)61)52-14-12-38(16-30(52)2)46-20-32-4-6-40(46)18-32/h3-16,21-28,31-32,39-40,45-46H,17-20H2,1-2H3. The highest BCUT2D eigenvalue weighted by molar-refractivity contribution is 6.07. The summed E-state index contributed by atoms with van der Waals surface area (Å²) in [5.41, 5.74) is 4.56. The van der Waals surface area contributed by atoms with Gasteiger partial charge < -0.3 is 0 Å². The van der Waals surface area contributed by atoms with Crippen LogP contribution in [0.1, 0.15) is 59.8 Å². The zero-order valence-electron chi connectivity index (χ0n) is 34.5. The molecule has 0 aliphatic heterocycles. The summed E-state index contributed by atoms with van der Waals surface area (Å²) < 4.78 is 2.70. The smallest absolute Gasteiger partial charge is 0.266 e. The summed E-state index contributed by atoms with van der Waals surface area (Å²) in [5.74, 6) is 3.48. The van der Waals surface area contributed by atoms with Crippen molar-refractivity contribution in [3.63, 3.8) is 0 Å². The first kappa shape index (κ1) is 35.8. The fraction of sp³-hybridized carbons (Fsp3) is 0.214. The number of fused-ring (bicyclic) bond motifs is 10. The van der Waals surface area contributed by atoms with Crippen molar-refractivity contribution in [2.75, 3.05) is 0 Å². The number of nitrogens with zero attached hydrogens (tertiary/aromatic N) is 2. The highest BCUT2D eigenvalue weighted by atomic mass is 16.2. The average Bonchev–Trinajstić information content (AvgIpc) is 4.15. The van der Waals surface area contributed by atoms with Crippen LogP contribution in [0.25, 0.3) is 76.0 Å². The third kappa shape index (κ3) is 5.16. The van der Waals surface area contributed by atoms with Gasteiger partial charge in [0.15, 0.2) is 0 Å². The van der Waals surface area contributed by atoms with Gasteiger partial charge in [-0.3, -0.25) is 19.2 Å². The number of rotatable bonds is 4. The molecule has 2 aromatic heterocycles. The van der Waals surface area contributed by atoms with Crippen LogP contribution in [0.2, 0.25) is 0 Å². The molecule has 0 spiro atoms. The zero-order valence-corrected chi connectivity index (χ0v) is 34.5. The number of aryl methyl sites for hydroxylation is 2. The maximum Gasteiger partial charge on any atom is 0.266 e. The molecule has 4 aliphatic carbocycles. The average molecular weight is 807 g/mol. The van der Waals surface area contributed by atoms with Crippen LogP contribution in [0.15, 0.2) is 153 Å². The SMILES string of the molecule is Cc1cc(C2CC3C=CC2C3)ccc1-n1c(=O)c2cc3cc4ccc5cc6cc7c(=O)n(-c8ccc(C9CC%10C=CC9C%10)cc8C)c(=O)c7cc6cc5ccc4cc3cc2c1=O. The fourth-order valence-electron chi connectivity index (χ4n) is 12.2. The minimum atomic E-state index is -0.292. The summed E-state index contributed by atoms with van der Waals surface area (Å²) in [7, 11) is 0. The molecule has 7 aromatic carbocycles. The Kier molecular flexibility index (Phi) is 7.39. The lowest BCUT2D eigenvalue weighted by molar-refractivity contribution is 0.585. The van der Waals surface area contributed by atoms with Crippen molar-refractivity contribution in [2.24, 2.45) is 23.7 Å². The number of benzene rings is 6. The minimum Gasteiger partial charge on any atom is -0.268 e. The Labute approximate surface area is 356 Å². The summed E-state index contributed by atoms with van der Waals surface area (Å²) in [4.78, 5) is 56.0. The van der Waals surface area contributed by atoms with E-state index in [1.165, 1.54) is 33.1 Å². The Morgan fingerprint density at radius 3 is 0.984 bits per heavy atom. The van der Waals surface area contributed by atoms with Crippen LogP contribution in [0.5, 0.6) is 0 Å². The van der Waals surface area contributed by atoms with Gasteiger partial charge in [0.2, 0.25) is 0 Å². The van der Waals surface area contributed by atoms with Crippen molar-refractivity contribution in [1.29, 1.82) is 0 Å². The molecule has 2 heterocycles. The molecule has 13 rings (SSSR count). The third-order valence-corrected chi connectivity index (χ3v) is 15.3. The summed E-state index contributed by atoms with van der Waals surface area (Å²) >= 11 is 0. The Morgan fingerprint density at radius 1 is 0.371 bits per heavy atom. The van der Waals surface area contributed by atoms with E-state index in [9.17, 15) is 19.2 Å². The maximum absolute atomic E-state index is 14.0. The molecular weight excluding hydrogens is 765 g/mol. The molecular formula is C56H42N2O4. The van der Waals surface area contributed by atoms with E-state index in [-0.39, 0.29) is 22.2 Å². The summed E-state index contributed by atoms with van der Waals surface area (Å²) in [6.07, 6.45) is 14.2. The highest BCUT2D eigenvalue weighted by Gasteiger charge is 2.37. The predicted molar refractivity (Wildman–Crippen MR) is 252 cm³/mol. The van der Waals surface area contributed by atoms with E-state index in [4.69, 9.17) is 0 Å². The van der Waals surface area contributed by atoms with Crippen molar-refractivity contribution < 1.29 is 0 Å². The first-order valence-electron chi connectivity index (χ1n) is 22.1. The lowest BCUT2D eigenvalue weighted by atomic mass is 9.86. The summed E-state index contributed by atoms with van der Waals surface area (Å²) in [6, 6.07) is 36.6. The van der Waals surface area contributed by atoms with Crippen molar-refractivity contribution in [1.82, 2.24) is 9.13 Å². The Morgan fingerprint density at radius 2 is 0.710 bits per heavy atom. The molecule has 0 N–H and O–H groups in total. The van der Waals surface area contributed by atoms with Crippen molar-refractivity contribution in [2.45, 2.75) is 51.4 Å². The van der Waals surface area contributed by atoms with Crippen LogP contribution in [0, 0.1) is 37.5 Å². The molecule has 300 valence electrons. The number of hydrogen-bond donors (Lipinski definition) is 0. The van der Waals surface area contributed by atoms with Crippen molar-refractivity contribution in [3.05, 3.63) is 197 Å². The molecule has 6 atom stereocenters. The van der Waals surface area contributed by atoms with Gasteiger partial charge in [0, 0.05) is 0 Å². The lowest BCUT2D eigenvalue weighted by Crippen LogP contribution is -2.24. The normalized spacial score (nSPS) is 22.5. The predicted octanol–water partition coefficient (Wildman–Crippen LogP) is 11.0. The molecule has 6 unspecified atom stereocenters. The molecule has 2 saturated carbocycles. The second kappa shape index (κ2) is 12.8. The van der Waals surface area contributed by atoms with Crippen LogP contribution in [0.3, 0.4) is 0 Å². The van der Waals surface area contributed by atoms with Gasteiger partial charge >= 0.3 is 0 Å². The summed E-state index contributed by atoms with van der Waals surface area (Å²) in [6.45, 7) is 4.00. The second-order valence-corrected chi connectivity index (χ2v) is 18.9. The van der Waals surface area contributed by atoms with Crippen LogP contribution in [0.4, 0.5) is 0 Å². The number of aromatic nitrogens is 2. The molecule has 62 heavy (non-hydrogen) atoms. The molecule has 4 aliphatic rings. The van der Waals surface area contributed by atoms with Gasteiger partial charge in [-0.05, 0) is 201 Å². The molecule has 6 nitrogen and oxygen atoms in total. The molecule has 0 amide bonds. The zero-order chi connectivity index (χ0) is 41.7. The minimum absolute atomic E-state index is 0.292. The van der Waals surface area contributed by atoms with E-state index in [0.29, 0.717) is 68.4 Å². The van der Waals surface area contributed by atoms with E-state index >= 15 is 0 Å². The molecule has 0 radical (unpaired) electrons. The third-order valence-electron chi connectivity index (χ3n) is 15.3. The van der Waals surface area contributed by atoms with Gasteiger partial charge in [-0.1, -0.05) is 72.8 Å². The molecule has 2 fully saturated rings. The van der Waals surface area contributed by atoms with Crippen LogP contribution in [-0.4, -0.2) is 9.13 Å². The van der Waals surface area contributed by atoms with E-state index in [1.807, 2.05) is 50.2 Å². The van der Waals surface area contributed by atoms with Gasteiger partial charge in [-0.2, -0.15) is 0 Å². The van der Waals surface area contributed by atoms with Gasteiger partial charge in [-0.25, -0.2) is 9.13 Å². The Balaban J connectivity index is 0.878. The van der Waals surface area contributed by atoms with Crippen LogP contribution in [-0.2, 0) is 0 Å². The second-order valence-electron chi connectivity index (χ2n) is 18.9. The van der Waals surface area contributed by atoms with Crippen LogP contribution >= 0.6 is 0 Å². The van der Waals surface area contributed by atoms with Crippen molar-refractivity contribution >= 4 is 64.6 Å². The van der Waals surface area contributed by atoms with E-state index < -0.39 is 0 Å². The van der Waals surface area contributed by atoms with Gasteiger partial charge in [0.25, 0.3) is 22.2 Å². The van der Waals surface area contributed by atoms with Gasteiger partial charge in [0.1, 0.15) is 0 Å².